The van der Waals surface area contributed by atoms with Gasteiger partial charge in [-0.2, -0.15) is 0 Å². The molecule has 0 aliphatic heterocycles. The van der Waals surface area contributed by atoms with Crippen molar-refractivity contribution in [1.29, 1.82) is 0 Å². The first-order valence-corrected chi connectivity index (χ1v) is 6.16. The fourth-order valence-corrected chi connectivity index (χ4v) is 1.75. The van der Waals surface area contributed by atoms with Crippen molar-refractivity contribution in [3.8, 4) is 17.2 Å². The second kappa shape index (κ2) is 4.97. The zero-order valence-corrected chi connectivity index (χ0v) is 10.5. The molecule has 100 valence electrons. The van der Waals surface area contributed by atoms with Gasteiger partial charge in [-0.25, -0.2) is 4.39 Å². The summed E-state index contributed by atoms with van der Waals surface area (Å²) in [5.74, 6) is 0.672. The van der Waals surface area contributed by atoms with Crippen LogP contribution in [0.1, 0.15) is 18.7 Å². The van der Waals surface area contributed by atoms with Crippen molar-refractivity contribution in [2.24, 2.45) is 0 Å². The van der Waals surface area contributed by atoms with Gasteiger partial charge < -0.3 is 14.5 Å². The van der Waals surface area contributed by atoms with Gasteiger partial charge >= 0.3 is 0 Å². The van der Waals surface area contributed by atoms with Crippen molar-refractivity contribution in [3.05, 3.63) is 29.9 Å². The number of aromatic nitrogens is 2. The smallest absolute Gasteiger partial charge is 0.250 e. The molecule has 2 aromatic rings. The molecule has 0 saturated heterocycles. The Hall–Kier alpha value is -1.95. The van der Waals surface area contributed by atoms with E-state index in [1.165, 1.54) is 26.0 Å². The van der Waals surface area contributed by atoms with Gasteiger partial charge in [0.1, 0.15) is 11.6 Å². The maximum atomic E-state index is 13.8. The molecule has 1 aromatic heterocycles. The Bertz CT molecular complexity index is 581. The molecule has 0 amide bonds. The Balaban J connectivity index is 1.77. The van der Waals surface area contributed by atoms with Gasteiger partial charge in [0.25, 0.3) is 5.89 Å². The van der Waals surface area contributed by atoms with Crippen LogP contribution in [0.25, 0.3) is 11.5 Å². The monoisotopic (exact) mass is 263 g/mol. The van der Waals surface area contributed by atoms with E-state index in [9.17, 15) is 4.39 Å². The van der Waals surface area contributed by atoms with Crippen molar-refractivity contribution in [1.82, 2.24) is 15.5 Å². The summed E-state index contributed by atoms with van der Waals surface area (Å²) in [4.78, 5) is 0. The van der Waals surface area contributed by atoms with Crippen LogP contribution in [0.2, 0.25) is 0 Å². The van der Waals surface area contributed by atoms with Gasteiger partial charge in [0.15, 0.2) is 0 Å². The molecule has 19 heavy (non-hydrogen) atoms. The summed E-state index contributed by atoms with van der Waals surface area (Å²) >= 11 is 0. The first-order valence-electron chi connectivity index (χ1n) is 6.16. The summed E-state index contributed by atoms with van der Waals surface area (Å²) in [5.41, 5.74) is 0.283. The predicted molar refractivity (Wildman–Crippen MR) is 66.1 cm³/mol. The van der Waals surface area contributed by atoms with Crippen LogP contribution in [-0.4, -0.2) is 23.3 Å². The van der Waals surface area contributed by atoms with Crippen LogP contribution >= 0.6 is 0 Å². The normalized spacial score (nSPS) is 14.6. The zero-order chi connectivity index (χ0) is 13.2. The molecule has 3 rings (SSSR count). The van der Waals surface area contributed by atoms with E-state index in [0.717, 1.165) is 0 Å². The van der Waals surface area contributed by atoms with E-state index >= 15 is 0 Å². The van der Waals surface area contributed by atoms with E-state index in [-0.39, 0.29) is 11.5 Å². The van der Waals surface area contributed by atoms with Crippen molar-refractivity contribution in [2.75, 3.05) is 7.11 Å². The number of hydrogen-bond acceptors (Lipinski definition) is 5. The molecule has 1 fully saturated rings. The lowest BCUT2D eigenvalue weighted by molar-refractivity contribution is 0.411. The van der Waals surface area contributed by atoms with Crippen molar-refractivity contribution < 1.29 is 13.5 Å². The van der Waals surface area contributed by atoms with Gasteiger partial charge in [-0.05, 0) is 25.0 Å². The summed E-state index contributed by atoms with van der Waals surface area (Å²) < 4.78 is 24.2. The maximum absolute atomic E-state index is 13.8. The molecular formula is C13H14FN3O2. The Morgan fingerprint density at radius 2 is 2.26 bits per heavy atom. The number of methoxy groups -OCH3 is 1. The number of nitrogens with one attached hydrogen (secondary N) is 1. The first-order chi connectivity index (χ1) is 9.26. The molecule has 0 atom stereocenters. The van der Waals surface area contributed by atoms with E-state index in [4.69, 9.17) is 9.15 Å². The summed E-state index contributed by atoms with van der Waals surface area (Å²) in [6.45, 7) is 0.523. The number of nitrogens with zero attached hydrogens (tertiary/aromatic N) is 2. The molecule has 1 aliphatic rings. The highest BCUT2D eigenvalue weighted by Gasteiger charge is 2.21. The van der Waals surface area contributed by atoms with E-state index < -0.39 is 5.82 Å². The van der Waals surface area contributed by atoms with Gasteiger partial charge in [0.05, 0.1) is 19.2 Å². The Labute approximate surface area is 109 Å². The molecule has 1 heterocycles. The van der Waals surface area contributed by atoms with Crippen LogP contribution in [-0.2, 0) is 6.54 Å². The van der Waals surface area contributed by atoms with Crippen LogP contribution in [0.15, 0.2) is 22.6 Å². The molecule has 1 aromatic carbocycles. The Morgan fingerprint density at radius 1 is 1.42 bits per heavy atom. The van der Waals surface area contributed by atoms with Crippen LogP contribution in [0.4, 0.5) is 4.39 Å². The highest BCUT2D eigenvalue weighted by atomic mass is 19.1. The van der Waals surface area contributed by atoms with E-state index in [1.807, 2.05) is 0 Å². The number of hydrogen-bond donors (Lipinski definition) is 1. The lowest BCUT2D eigenvalue weighted by Crippen LogP contribution is -2.15. The highest BCUT2D eigenvalue weighted by molar-refractivity contribution is 5.55. The minimum atomic E-state index is -0.440. The molecule has 1 N–H and O–H groups in total. The lowest BCUT2D eigenvalue weighted by Gasteiger charge is -2.01. The average Bonchev–Trinajstić information content (AvgIpc) is 3.14. The number of ether oxygens (including phenoxy) is 1. The molecule has 6 heteroatoms. The second-order valence-electron chi connectivity index (χ2n) is 4.50. The summed E-state index contributed by atoms with van der Waals surface area (Å²) in [7, 11) is 1.49. The summed E-state index contributed by atoms with van der Waals surface area (Å²) in [6, 6.07) is 5.08. The molecular weight excluding hydrogens is 249 g/mol. The molecule has 0 bridgehead atoms. The van der Waals surface area contributed by atoms with Gasteiger partial charge in [0, 0.05) is 12.1 Å². The Morgan fingerprint density at radius 3 is 2.95 bits per heavy atom. The first kappa shape index (κ1) is 12.1. The quantitative estimate of drug-likeness (QED) is 0.895. The van der Waals surface area contributed by atoms with Gasteiger partial charge in [-0.3, -0.25) is 0 Å². The van der Waals surface area contributed by atoms with Gasteiger partial charge in [-0.15, -0.1) is 10.2 Å². The SMILES string of the molecule is COc1ccc(-c2nnc(CNC3CC3)o2)c(F)c1. The van der Waals surface area contributed by atoms with Crippen LogP contribution in [0.5, 0.6) is 5.75 Å². The topological polar surface area (TPSA) is 60.2 Å². The summed E-state index contributed by atoms with van der Waals surface area (Å²) in [6.07, 6.45) is 2.38. The lowest BCUT2D eigenvalue weighted by atomic mass is 10.2. The third kappa shape index (κ3) is 2.73. The predicted octanol–water partition coefficient (Wildman–Crippen LogP) is 2.14. The van der Waals surface area contributed by atoms with Crippen molar-refractivity contribution >= 4 is 0 Å². The molecule has 1 aliphatic carbocycles. The van der Waals surface area contributed by atoms with Gasteiger partial charge in [0.2, 0.25) is 5.89 Å². The van der Waals surface area contributed by atoms with E-state index in [1.54, 1.807) is 12.1 Å². The number of halogens is 1. The molecule has 0 spiro atoms. The second-order valence-corrected chi connectivity index (χ2v) is 4.50. The minimum Gasteiger partial charge on any atom is -0.497 e. The van der Waals surface area contributed by atoms with Crippen molar-refractivity contribution in [3.63, 3.8) is 0 Å². The fraction of sp³-hybridized carbons (Fsp3) is 0.385. The van der Waals surface area contributed by atoms with E-state index in [2.05, 4.69) is 15.5 Å². The largest absolute Gasteiger partial charge is 0.497 e. The summed E-state index contributed by atoms with van der Waals surface area (Å²) in [5, 5.41) is 11.0. The standard InChI is InChI=1S/C13H14FN3O2/c1-18-9-4-5-10(11(14)6-9)13-17-16-12(19-13)7-15-8-2-3-8/h4-6,8,15H,2-3,7H2,1H3. The number of benzene rings is 1. The van der Waals surface area contributed by atoms with Crippen LogP contribution < -0.4 is 10.1 Å². The maximum Gasteiger partial charge on any atom is 0.250 e. The third-order valence-electron chi connectivity index (χ3n) is 2.99. The van der Waals surface area contributed by atoms with Crippen LogP contribution in [0, 0.1) is 5.82 Å². The van der Waals surface area contributed by atoms with E-state index in [0.29, 0.717) is 24.2 Å². The molecule has 1 saturated carbocycles. The zero-order valence-electron chi connectivity index (χ0n) is 10.5. The fourth-order valence-electron chi connectivity index (χ4n) is 1.75. The third-order valence-corrected chi connectivity index (χ3v) is 2.99. The van der Waals surface area contributed by atoms with Crippen LogP contribution in [0.3, 0.4) is 0 Å². The average molecular weight is 263 g/mol. The van der Waals surface area contributed by atoms with Gasteiger partial charge in [-0.1, -0.05) is 0 Å². The minimum absolute atomic E-state index is 0.188. The molecule has 0 radical (unpaired) electrons. The number of rotatable bonds is 5. The van der Waals surface area contributed by atoms with Crippen molar-refractivity contribution in [2.45, 2.75) is 25.4 Å². The molecule has 5 nitrogen and oxygen atoms in total. The Kier molecular flexibility index (Phi) is 3.16. The molecule has 0 unspecified atom stereocenters. The highest BCUT2D eigenvalue weighted by Crippen LogP contribution is 2.25.